The van der Waals surface area contributed by atoms with Gasteiger partial charge in [0.25, 0.3) is 0 Å². The van der Waals surface area contributed by atoms with Crippen molar-refractivity contribution in [3.8, 4) is 0 Å². The molecule has 2 rings (SSSR count). The Balaban J connectivity index is 2.10. The van der Waals surface area contributed by atoms with Crippen molar-refractivity contribution in [1.82, 2.24) is 9.80 Å². The lowest BCUT2D eigenvalue weighted by molar-refractivity contribution is 0.0733. The van der Waals surface area contributed by atoms with E-state index in [0.717, 1.165) is 32.6 Å². The molecular weight excluding hydrogens is 289 g/mol. The third-order valence-corrected chi connectivity index (χ3v) is 4.89. The Morgan fingerprint density at radius 2 is 1.86 bits per heavy atom. The van der Waals surface area contributed by atoms with E-state index in [1.165, 1.54) is 6.07 Å². The summed E-state index contributed by atoms with van der Waals surface area (Å²) in [5.41, 5.74) is 6.45. The lowest BCUT2D eigenvalue weighted by atomic mass is 10.0. The van der Waals surface area contributed by atoms with Crippen molar-refractivity contribution in [2.24, 2.45) is 5.73 Å². The zero-order chi connectivity index (χ0) is 15.4. The minimum Gasteiger partial charge on any atom is -0.329 e. The monoisotopic (exact) mass is 313 g/mol. The molecule has 1 heterocycles. The summed E-state index contributed by atoms with van der Waals surface area (Å²) in [5, 5.41) is 0.467. The van der Waals surface area contributed by atoms with Crippen LogP contribution in [0.5, 0.6) is 0 Å². The second-order valence-corrected chi connectivity index (χ2v) is 6.12. The van der Waals surface area contributed by atoms with Crippen LogP contribution in [0, 0.1) is 5.82 Å². The Hall–Kier alpha value is -0.680. The highest BCUT2D eigenvalue weighted by Crippen LogP contribution is 2.30. The molecule has 1 saturated heterocycles. The quantitative estimate of drug-likeness (QED) is 0.907. The molecule has 0 saturated carbocycles. The third kappa shape index (κ3) is 3.75. The zero-order valence-corrected chi connectivity index (χ0v) is 13.6. The number of rotatable bonds is 5. The predicted molar refractivity (Wildman–Crippen MR) is 86.1 cm³/mol. The number of hydrogen-bond acceptors (Lipinski definition) is 3. The average molecular weight is 314 g/mol. The number of benzene rings is 1. The maximum absolute atomic E-state index is 14.1. The molecule has 21 heavy (non-hydrogen) atoms. The highest BCUT2D eigenvalue weighted by atomic mass is 35.5. The molecule has 0 aliphatic carbocycles. The number of halogens is 2. The van der Waals surface area contributed by atoms with Crippen molar-refractivity contribution in [3.63, 3.8) is 0 Å². The van der Waals surface area contributed by atoms with Crippen LogP contribution in [0.1, 0.15) is 31.9 Å². The van der Waals surface area contributed by atoms with E-state index in [4.69, 9.17) is 17.3 Å². The fourth-order valence-corrected chi connectivity index (χ4v) is 3.32. The molecule has 118 valence electrons. The lowest BCUT2D eigenvalue weighted by Gasteiger charge is -2.41. The fraction of sp³-hybridized carbons (Fsp3) is 0.625. The Morgan fingerprint density at radius 1 is 1.24 bits per heavy atom. The maximum Gasteiger partial charge on any atom is 0.129 e. The van der Waals surface area contributed by atoms with Crippen molar-refractivity contribution in [2.75, 3.05) is 32.7 Å². The molecule has 0 aromatic heterocycles. The van der Waals surface area contributed by atoms with Gasteiger partial charge in [0.2, 0.25) is 0 Å². The molecule has 3 nitrogen and oxygen atoms in total. The number of nitrogens with zero attached hydrogens (tertiary/aromatic N) is 2. The second-order valence-electron chi connectivity index (χ2n) is 5.72. The summed E-state index contributed by atoms with van der Waals surface area (Å²) in [6, 6.07) is 5.28. The van der Waals surface area contributed by atoms with Gasteiger partial charge in [-0.2, -0.15) is 0 Å². The number of piperazine rings is 1. The Kier molecular flexibility index (Phi) is 5.99. The van der Waals surface area contributed by atoms with Crippen LogP contribution in [0.4, 0.5) is 4.39 Å². The average Bonchev–Trinajstić information content (AvgIpc) is 2.50. The first-order valence-corrected chi connectivity index (χ1v) is 8.08. The first kappa shape index (κ1) is 16.7. The van der Waals surface area contributed by atoms with Gasteiger partial charge in [0.05, 0.1) is 6.04 Å². The van der Waals surface area contributed by atoms with Gasteiger partial charge in [-0.05, 0) is 25.5 Å². The van der Waals surface area contributed by atoms with E-state index in [2.05, 4.69) is 23.6 Å². The topological polar surface area (TPSA) is 32.5 Å². The molecule has 2 unspecified atom stereocenters. The second kappa shape index (κ2) is 7.54. The fourth-order valence-electron chi connectivity index (χ4n) is 3.03. The molecule has 5 heteroatoms. The standard InChI is InChI=1S/C16H25ClFN3/c1-3-12(2)20-7-9-21(10-8-20)15(11-19)16-13(17)5-4-6-14(16)18/h4-6,12,15H,3,7-11,19H2,1-2H3. The summed E-state index contributed by atoms with van der Waals surface area (Å²) < 4.78 is 14.1. The first-order chi connectivity index (χ1) is 10.1. The van der Waals surface area contributed by atoms with Gasteiger partial charge >= 0.3 is 0 Å². The van der Waals surface area contributed by atoms with Crippen molar-refractivity contribution in [1.29, 1.82) is 0 Å². The Labute approximate surface area is 131 Å². The van der Waals surface area contributed by atoms with Crippen LogP contribution in [-0.4, -0.2) is 48.6 Å². The molecule has 0 radical (unpaired) electrons. The van der Waals surface area contributed by atoms with Crippen molar-refractivity contribution in [3.05, 3.63) is 34.6 Å². The third-order valence-electron chi connectivity index (χ3n) is 4.56. The molecule has 2 atom stereocenters. The van der Waals surface area contributed by atoms with Gasteiger partial charge in [-0.3, -0.25) is 9.80 Å². The van der Waals surface area contributed by atoms with Crippen molar-refractivity contribution in [2.45, 2.75) is 32.4 Å². The van der Waals surface area contributed by atoms with Crippen LogP contribution in [0.2, 0.25) is 5.02 Å². The molecule has 0 amide bonds. The lowest BCUT2D eigenvalue weighted by Crippen LogP contribution is -2.51. The summed E-state index contributed by atoms with van der Waals surface area (Å²) in [5.74, 6) is -0.262. The summed E-state index contributed by atoms with van der Waals surface area (Å²) in [6.45, 7) is 8.63. The molecule has 1 fully saturated rings. The Morgan fingerprint density at radius 3 is 2.38 bits per heavy atom. The van der Waals surface area contributed by atoms with Crippen LogP contribution in [0.25, 0.3) is 0 Å². The normalized spacial score (nSPS) is 20.4. The van der Waals surface area contributed by atoms with Crippen LogP contribution >= 0.6 is 11.6 Å². The smallest absolute Gasteiger partial charge is 0.129 e. The maximum atomic E-state index is 14.1. The van der Waals surface area contributed by atoms with Gasteiger partial charge in [-0.1, -0.05) is 24.6 Å². The van der Waals surface area contributed by atoms with Gasteiger partial charge in [0, 0.05) is 49.4 Å². The van der Waals surface area contributed by atoms with E-state index in [1.54, 1.807) is 12.1 Å². The van der Waals surface area contributed by atoms with E-state index in [-0.39, 0.29) is 11.9 Å². The summed E-state index contributed by atoms with van der Waals surface area (Å²) >= 11 is 6.19. The first-order valence-electron chi connectivity index (χ1n) is 7.70. The van der Waals surface area contributed by atoms with Crippen LogP contribution in [0.3, 0.4) is 0 Å². The van der Waals surface area contributed by atoms with Crippen molar-refractivity contribution < 1.29 is 4.39 Å². The van der Waals surface area contributed by atoms with Gasteiger partial charge < -0.3 is 5.73 Å². The molecule has 1 aliphatic rings. The molecular formula is C16H25ClFN3. The summed E-state index contributed by atoms with van der Waals surface area (Å²) in [4.78, 5) is 4.73. The molecule has 1 aromatic carbocycles. The molecule has 0 spiro atoms. The molecule has 1 aromatic rings. The number of nitrogens with two attached hydrogens (primary N) is 1. The minimum absolute atomic E-state index is 0.141. The predicted octanol–water partition coefficient (Wildman–Crippen LogP) is 2.90. The van der Waals surface area contributed by atoms with Gasteiger partial charge in [0.15, 0.2) is 0 Å². The highest BCUT2D eigenvalue weighted by Gasteiger charge is 2.28. The molecule has 0 bridgehead atoms. The van der Waals surface area contributed by atoms with Crippen LogP contribution in [0.15, 0.2) is 18.2 Å². The van der Waals surface area contributed by atoms with Crippen LogP contribution < -0.4 is 5.73 Å². The summed E-state index contributed by atoms with van der Waals surface area (Å²) in [6.07, 6.45) is 1.15. The van der Waals surface area contributed by atoms with Crippen molar-refractivity contribution >= 4 is 11.6 Å². The van der Waals surface area contributed by atoms with E-state index in [0.29, 0.717) is 23.2 Å². The van der Waals surface area contributed by atoms with Gasteiger partial charge in [0.1, 0.15) is 5.82 Å². The minimum atomic E-state index is -0.262. The van der Waals surface area contributed by atoms with E-state index in [1.807, 2.05) is 0 Å². The molecule has 1 aliphatic heterocycles. The number of hydrogen-bond donors (Lipinski definition) is 1. The van der Waals surface area contributed by atoms with Crippen LogP contribution in [-0.2, 0) is 0 Å². The highest BCUT2D eigenvalue weighted by molar-refractivity contribution is 6.31. The van der Waals surface area contributed by atoms with Gasteiger partial charge in [-0.15, -0.1) is 0 Å². The van der Waals surface area contributed by atoms with E-state index < -0.39 is 0 Å². The summed E-state index contributed by atoms with van der Waals surface area (Å²) in [7, 11) is 0. The zero-order valence-electron chi connectivity index (χ0n) is 12.9. The van der Waals surface area contributed by atoms with E-state index in [9.17, 15) is 4.39 Å². The largest absolute Gasteiger partial charge is 0.329 e. The van der Waals surface area contributed by atoms with E-state index >= 15 is 0 Å². The SMILES string of the molecule is CCC(C)N1CCN(C(CN)c2c(F)cccc2Cl)CC1. The van der Waals surface area contributed by atoms with Gasteiger partial charge in [-0.25, -0.2) is 4.39 Å². The molecule has 2 N–H and O–H groups in total. The Bertz CT molecular complexity index is 441.